The zero-order valence-electron chi connectivity index (χ0n) is 21.3. The summed E-state index contributed by atoms with van der Waals surface area (Å²) in [6.45, 7) is 0. The van der Waals surface area contributed by atoms with E-state index >= 15 is 0 Å². The molecule has 4 rings (SSSR count). The van der Waals surface area contributed by atoms with Gasteiger partial charge in [-0.1, -0.05) is 54.6 Å². The summed E-state index contributed by atoms with van der Waals surface area (Å²) >= 11 is 0. The summed E-state index contributed by atoms with van der Waals surface area (Å²) in [5, 5.41) is 5.92. The normalized spacial score (nSPS) is 10.5. The molecule has 0 saturated heterocycles. The lowest BCUT2D eigenvalue weighted by Crippen LogP contribution is -2.42. The molecule has 0 radical (unpaired) electrons. The molecule has 4 aromatic rings. The number of para-hydroxylation sites is 1. The van der Waals surface area contributed by atoms with Gasteiger partial charge in [0.05, 0.1) is 27.1 Å². The Labute approximate surface area is 222 Å². The van der Waals surface area contributed by atoms with E-state index in [1.807, 2.05) is 72.8 Å². The molecule has 0 atom stereocenters. The molecular weight excluding hydrogens is 480 g/mol. The van der Waals surface area contributed by atoms with Crippen LogP contribution in [0.15, 0.2) is 103 Å². The number of hydrogen-bond acceptors (Lipinski definition) is 5. The van der Waals surface area contributed by atoms with Crippen molar-refractivity contribution in [2.24, 2.45) is 0 Å². The fourth-order valence-corrected chi connectivity index (χ4v) is 3.87. The minimum Gasteiger partial charge on any atom is -0.497 e. The van der Waals surface area contributed by atoms with Crippen LogP contribution in [-0.4, -0.2) is 26.0 Å². The molecule has 0 unspecified atom stereocenters. The largest absolute Gasteiger partial charge is 0.497 e. The van der Waals surface area contributed by atoms with Gasteiger partial charge >= 0.3 is 0 Å². The molecule has 4 aromatic carbocycles. The zero-order chi connectivity index (χ0) is 26.7. The Bertz CT molecular complexity index is 1280. The Morgan fingerprint density at radius 1 is 0.605 bits per heavy atom. The molecule has 0 fully saturated rings. The summed E-state index contributed by atoms with van der Waals surface area (Å²) in [7, 11) is 3.19. The molecule has 7 nitrogen and oxygen atoms in total. The van der Waals surface area contributed by atoms with Crippen molar-refractivity contribution >= 4 is 11.8 Å². The number of methoxy groups -OCH3 is 2. The smallest absolute Gasteiger partial charge is 0.226 e. The zero-order valence-corrected chi connectivity index (χ0v) is 21.3. The van der Waals surface area contributed by atoms with Crippen molar-refractivity contribution in [2.45, 2.75) is 19.0 Å². The highest BCUT2D eigenvalue weighted by molar-refractivity contribution is 5.82. The fourth-order valence-electron chi connectivity index (χ4n) is 3.87. The van der Waals surface area contributed by atoms with Crippen molar-refractivity contribution < 1.29 is 23.8 Å². The van der Waals surface area contributed by atoms with Crippen LogP contribution in [0, 0.1) is 0 Å². The van der Waals surface area contributed by atoms with Crippen LogP contribution in [0.2, 0.25) is 0 Å². The van der Waals surface area contributed by atoms with Crippen molar-refractivity contribution in [2.75, 3.05) is 14.2 Å². The SMILES string of the molecule is COc1ccc(CC(=O)NC(NC(=O)Cc2ccc(OC)cc2)c2cccc(Oc3ccccc3)c2)cc1. The van der Waals surface area contributed by atoms with Gasteiger partial charge in [0.2, 0.25) is 11.8 Å². The highest BCUT2D eigenvalue weighted by Crippen LogP contribution is 2.24. The summed E-state index contributed by atoms with van der Waals surface area (Å²) in [5.74, 6) is 2.24. The van der Waals surface area contributed by atoms with Crippen molar-refractivity contribution in [3.05, 3.63) is 120 Å². The van der Waals surface area contributed by atoms with E-state index in [1.54, 1.807) is 44.6 Å². The number of benzene rings is 4. The number of amides is 2. The molecule has 2 N–H and O–H groups in total. The first-order valence-electron chi connectivity index (χ1n) is 12.2. The quantitative estimate of drug-likeness (QED) is 0.271. The summed E-state index contributed by atoms with van der Waals surface area (Å²) in [5.41, 5.74) is 2.34. The van der Waals surface area contributed by atoms with Gasteiger partial charge in [-0.15, -0.1) is 0 Å². The second-order valence-corrected chi connectivity index (χ2v) is 8.61. The van der Waals surface area contributed by atoms with E-state index in [0.717, 1.165) is 11.1 Å². The Balaban J connectivity index is 1.50. The Hall–Kier alpha value is -4.78. The number of hydrogen-bond donors (Lipinski definition) is 2. The number of rotatable bonds is 11. The molecule has 0 saturated carbocycles. The summed E-state index contributed by atoms with van der Waals surface area (Å²) in [6, 6.07) is 31.3. The van der Waals surface area contributed by atoms with Gasteiger partial charge in [0.1, 0.15) is 29.2 Å². The molecule has 0 bridgehead atoms. The van der Waals surface area contributed by atoms with Gasteiger partial charge in [0, 0.05) is 0 Å². The lowest BCUT2D eigenvalue weighted by atomic mass is 10.1. The maximum atomic E-state index is 13.0. The molecule has 0 aliphatic carbocycles. The van der Waals surface area contributed by atoms with Gasteiger partial charge in [-0.05, 0) is 65.2 Å². The minimum atomic E-state index is -0.758. The van der Waals surface area contributed by atoms with E-state index in [9.17, 15) is 9.59 Å². The molecule has 0 aliphatic heterocycles. The monoisotopic (exact) mass is 510 g/mol. The third-order valence-corrected chi connectivity index (χ3v) is 5.83. The topological polar surface area (TPSA) is 85.9 Å². The summed E-state index contributed by atoms with van der Waals surface area (Å²) in [4.78, 5) is 26.0. The van der Waals surface area contributed by atoms with Crippen LogP contribution in [0.4, 0.5) is 0 Å². The van der Waals surface area contributed by atoms with E-state index in [2.05, 4.69) is 10.6 Å². The molecule has 0 heterocycles. The van der Waals surface area contributed by atoms with Crippen LogP contribution in [0.1, 0.15) is 22.9 Å². The predicted molar refractivity (Wildman–Crippen MR) is 145 cm³/mol. The van der Waals surface area contributed by atoms with Gasteiger partial charge in [-0.25, -0.2) is 0 Å². The third kappa shape index (κ3) is 7.61. The molecule has 38 heavy (non-hydrogen) atoms. The number of carbonyl (C=O) groups excluding carboxylic acids is 2. The van der Waals surface area contributed by atoms with E-state index in [4.69, 9.17) is 14.2 Å². The van der Waals surface area contributed by atoms with Crippen molar-refractivity contribution in [1.82, 2.24) is 10.6 Å². The minimum absolute atomic E-state index is 0.148. The first kappa shape index (κ1) is 26.3. The van der Waals surface area contributed by atoms with Crippen molar-refractivity contribution in [3.8, 4) is 23.0 Å². The van der Waals surface area contributed by atoms with Crippen molar-refractivity contribution in [3.63, 3.8) is 0 Å². The average Bonchev–Trinajstić information content (AvgIpc) is 2.94. The van der Waals surface area contributed by atoms with E-state index in [0.29, 0.717) is 28.6 Å². The highest BCUT2D eigenvalue weighted by atomic mass is 16.5. The first-order chi connectivity index (χ1) is 18.5. The van der Waals surface area contributed by atoms with Gasteiger partial charge < -0.3 is 24.8 Å². The van der Waals surface area contributed by atoms with Crippen molar-refractivity contribution in [1.29, 1.82) is 0 Å². The predicted octanol–water partition coefficient (Wildman–Crippen LogP) is 5.21. The molecule has 7 heteroatoms. The van der Waals surface area contributed by atoms with E-state index < -0.39 is 6.17 Å². The number of ether oxygens (including phenoxy) is 3. The molecule has 2 amide bonds. The molecule has 194 valence electrons. The summed E-state index contributed by atoms with van der Waals surface area (Å²) in [6.07, 6.45) is -0.463. The average molecular weight is 511 g/mol. The summed E-state index contributed by atoms with van der Waals surface area (Å²) < 4.78 is 16.3. The third-order valence-electron chi connectivity index (χ3n) is 5.83. The van der Waals surface area contributed by atoms with Crippen LogP contribution in [-0.2, 0) is 22.4 Å². The highest BCUT2D eigenvalue weighted by Gasteiger charge is 2.19. The van der Waals surface area contributed by atoms with E-state index in [1.165, 1.54) is 0 Å². The molecule has 0 aliphatic rings. The van der Waals surface area contributed by atoms with Gasteiger partial charge in [0.15, 0.2) is 0 Å². The lowest BCUT2D eigenvalue weighted by molar-refractivity contribution is -0.123. The number of nitrogens with one attached hydrogen (secondary N) is 2. The van der Waals surface area contributed by atoms with Gasteiger partial charge in [0.25, 0.3) is 0 Å². The maximum Gasteiger partial charge on any atom is 0.226 e. The Morgan fingerprint density at radius 2 is 1.11 bits per heavy atom. The van der Waals surface area contributed by atoms with E-state index in [-0.39, 0.29) is 24.7 Å². The second-order valence-electron chi connectivity index (χ2n) is 8.61. The Kier molecular flexibility index (Phi) is 8.97. The molecule has 0 aromatic heterocycles. The molecule has 0 spiro atoms. The maximum absolute atomic E-state index is 13.0. The first-order valence-corrected chi connectivity index (χ1v) is 12.2. The molecular formula is C31H30N2O5. The standard InChI is InChI=1S/C31H30N2O5/c1-36-25-15-11-22(12-16-25)19-29(34)32-31(33-30(35)20-23-13-17-26(37-2)18-14-23)24-7-6-10-28(21-24)38-27-8-4-3-5-9-27/h3-18,21,31H,19-20H2,1-2H3,(H,32,34)(H,33,35). The number of carbonyl (C=O) groups is 2. The van der Waals surface area contributed by atoms with Gasteiger partial charge in [-0.3, -0.25) is 9.59 Å². The lowest BCUT2D eigenvalue weighted by Gasteiger charge is -2.22. The van der Waals surface area contributed by atoms with Crippen LogP contribution < -0.4 is 24.8 Å². The Morgan fingerprint density at radius 3 is 1.61 bits per heavy atom. The van der Waals surface area contributed by atoms with Crippen LogP contribution in [0.3, 0.4) is 0 Å². The fraction of sp³-hybridized carbons (Fsp3) is 0.161. The second kappa shape index (κ2) is 13.0. The van der Waals surface area contributed by atoms with Crippen LogP contribution in [0.5, 0.6) is 23.0 Å². The van der Waals surface area contributed by atoms with Crippen LogP contribution in [0.25, 0.3) is 0 Å². The van der Waals surface area contributed by atoms with Crippen LogP contribution >= 0.6 is 0 Å². The van der Waals surface area contributed by atoms with Gasteiger partial charge in [-0.2, -0.15) is 0 Å².